The number of aromatic nitrogens is 1. The number of ether oxygens (including phenoxy) is 1. The molecule has 1 aliphatic rings. The molecular weight excluding hydrogens is 168 g/mol. The summed E-state index contributed by atoms with van der Waals surface area (Å²) in [5.74, 6) is 1.39. The van der Waals surface area contributed by atoms with Crippen molar-refractivity contribution in [3.63, 3.8) is 0 Å². The number of hydrogen-bond acceptors (Lipinski definition) is 4. The van der Waals surface area contributed by atoms with Gasteiger partial charge in [-0.3, -0.25) is 0 Å². The fourth-order valence-corrected chi connectivity index (χ4v) is 1.65. The predicted octanol–water partition coefficient (Wildman–Crippen LogP) is 1.06. The summed E-state index contributed by atoms with van der Waals surface area (Å²) in [5.41, 5.74) is 5.92. The molecule has 0 aromatic carbocycles. The first kappa shape index (κ1) is 8.56. The van der Waals surface area contributed by atoms with Gasteiger partial charge >= 0.3 is 0 Å². The van der Waals surface area contributed by atoms with Crippen molar-refractivity contribution in [2.24, 2.45) is 5.73 Å². The van der Waals surface area contributed by atoms with Gasteiger partial charge in [0.15, 0.2) is 0 Å². The third kappa shape index (κ3) is 1.21. The molecule has 0 saturated heterocycles. The van der Waals surface area contributed by atoms with Crippen LogP contribution in [-0.2, 0) is 5.41 Å². The normalized spacial score (nSPS) is 21.2. The summed E-state index contributed by atoms with van der Waals surface area (Å²) in [6.45, 7) is 2.00. The Morgan fingerprint density at radius 2 is 2.38 bits per heavy atom. The number of hydrogen-bond donors (Lipinski definition) is 1. The van der Waals surface area contributed by atoms with E-state index in [0.29, 0.717) is 5.88 Å². The number of methoxy groups -OCH3 is 1. The smallest absolute Gasteiger partial charge is 0.254 e. The molecule has 1 saturated carbocycles. The van der Waals surface area contributed by atoms with Crippen molar-refractivity contribution in [1.29, 1.82) is 0 Å². The fourth-order valence-electron chi connectivity index (χ4n) is 1.65. The summed E-state index contributed by atoms with van der Waals surface area (Å²) in [7, 11) is 1.58. The summed E-state index contributed by atoms with van der Waals surface area (Å²) >= 11 is 0. The summed E-state index contributed by atoms with van der Waals surface area (Å²) in [5, 5.41) is 3.77. The van der Waals surface area contributed by atoms with Crippen LogP contribution in [0.15, 0.2) is 10.6 Å². The van der Waals surface area contributed by atoms with Gasteiger partial charge in [-0.15, -0.1) is 0 Å². The topological polar surface area (TPSA) is 61.3 Å². The zero-order chi connectivity index (χ0) is 9.47. The van der Waals surface area contributed by atoms with Gasteiger partial charge < -0.3 is 15.0 Å². The maximum absolute atomic E-state index is 5.89. The maximum atomic E-state index is 5.89. The Hall–Kier alpha value is -1.03. The lowest BCUT2D eigenvalue weighted by Crippen LogP contribution is -2.31. The van der Waals surface area contributed by atoms with Crippen LogP contribution in [0.4, 0.5) is 0 Å². The number of rotatable bonds is 3. The molecule has 0 spiro atoms. The van der Waals surface area contributed by atoms with Crippen LogP contribution in [-0.4, -0.2) is 18.3 Å². The van der Waals surface area contributed by atoms with E-state index in [4.69, 9.17) is 15.0 Å². The molecule has 72 valence electrons. The van der Waals surface area contributed by atoms with Crippen LogP contribution in [0.2, 0.25) is 0 Å². The minimum absolute atomic E-state index is 0.0315. The minimum Gasteiger partial charge on any atom is -0.479 e. The SMILES string of the molecule is COc1cc(C2(C(C)N)CC2)on1. The molecule has 13 heavy (non-hydrogen) atoms. The fraction of sp³-hybridized carbons (Fsp3) is 0.667. The van der Waals surface area contributed by atoms with Crippen molar-refractivity contribution in [3.05, 3.63) is 11.8 Å². The van der Waals surface area contributed by atoms with Gasteiger partial charge in [0.2, 0.25) is 0 Å². The summed E-state index contributed by atoms with van der Waals surface area (Å²) in [6, 6.07) is 1.95. The van der Waals surface area contributed by atoms with Crippen molar-refractivity contribution < 1.29 is 9.26 Å². The zero-order valence-electron chi connectivity index (χ0n) is 7.91. The summed E-state index contributed by atoms with van der Waals surface area (Å²) in [4.78, 5) is 0. The van der Waals surface area contributed by atoms with Crippen molar-refractivity contribution >= 4 is 0 Å². The number of nitrogens with zero attached hydrogens (tertiary/aromatic N) is 1. The molecule has 4 heteroatoms. The van der Waals surface area contributed by atoms with E-state index in [-0.39, 0.29) is 11.5 Å². The lowest BCUT2D eigenvalue weighted by molar-refractivity contribution is 0.305. The Morgan fingerprint density at radius 1 is 1.69 bits per heavy atom. The molecule has 1 aromatic rings. The quantitative estimate of drug-likeness (QED) is 0.759. The minimum atomic E-state index is 0.0315. The Kier molecular flexibility index (Phi) is 1.80. The van der Waals surface area contributed by atoms with Crippen LogP contribution < -0.4 is 10.5 Å². The zero-order valence-corrected chi connectivity index (χ0v) is 7.91. The highest BCUT2D eigenvalue weighted by Gasteiger charge is 2.50. The molecule has 1 heterocycles. The van der Waals surface area contributed by atoms with Gasteiger partial charge in [0, 0.05) is 17.5 Å². The first-order valence-electron chi connectivity index (χ1n) is 4.46. The highest BCUT2D eigenvalue weighted by molar-refractivity contribution is 5.28. The van der Waals surface area contributed by atoms with Crippen molar-refractivity contribution in [2.75, 3.05) is 7.11 Å². The third-order valence-electron chi connectivity index (χ3n) is 2.85. The van der Waals surface area contributed by atoms with Gasteiger partial charge in [-0.1, -0.05) is 0 Å². The molecule has 2 rings (SSSR count). The van der Waals surface area contributed by atoms with Crippen molar-refractivity contribution in [3.8, 4) is 5.88 Å². The molecule has 1 fully saturated rings. The van der Waals surface area contributed by atoms with Crippen LogP contribution in [0, 0.1) is 0 Å². The Balaban J connectivity index is 2.25. The molecule has 1 unspecified atom stereocenters. The standard InChI is InChI=1S/C9H14N2O2/c1-6(10)9(3-4-9)7-5-8(12-2)11-13-7/h5-6H,3-4,10H2,1-2H3. The van der Waals surface area contributed by atoms with Gasteiger partial charge in [-0.05, 0) is 24.9 Å². The largest absolute Gasteiger partial charge is 0.479 e. The van der Waals surface area contributed by atoms with E-state index in [0.717, 1.165) is 18.6 Å². The molecule has 1 atom stereocenters. The van der Waals surface area contributed by atoms with Gasteiger partial charge in [0.1, 0.15) is 5.76 Å². The van der Waals surface area contributed by atoms with E-state index >= 15 is 0 Å². The molecule has 0 radical (unpaired) electrons. The van der Waals surface area contributed by atoms with E-state index in [1.165, 1.54) is 0 Å². The van der Waals surface area contributed by atoms with Gasteiger partial charge in [0.05, 0.1) is 7.11 Å². The molecule has 0 aliphatic heterocycles. The van der Waals surface area contributed by atoms with E-state index in [1.807, 2.05) is 13.0 Å². The second-order valence-electron chi connectivity index (χ2n) is 3.68. The monoisotopic (exact) mass is 182 g/mol. The highest BCUT2D eigenvalue weighted by atomic mass is 16.5. The second-order valence-corrected chi connectivity index (χ2v) is 3.68. The first-order chi connectivity index (χ1) is 6.19. The second kappa shape index (κ2) is 2.73. The van der Waals surface area contributed by atoms with E-state index in [1.54, 1.807) is 7.11 Å². The lowest BCUT2D eigenvalue weighted by atomic mass is 9.96. The van der Waals surface area contributed by atoms with Crippen LogP contribution in [0.1, 0.15) is 25.5 Å². The van der Waals surface area contributed by atoms with E-state index in [9.17, 15) is 0 Å². The van der Waals surface area contributed by atoms with Crippen molar-refractivity contribution in [2.45, 2.75) is 31.2 Å². The molecule has 1 aliphatic carbocycles. The summed E-state index contributed by atoms with van der Waals surface area (Å²) < 4.78 is 10.1. The molecular formula is C9H14N2O2. The molecule has 0 amide bonds. The predicted molar refractivity (Wildman–Crippen MR) is 47.6 cm³/mol. The van der Waals surface area contributed by atoms with Gasteiger partial charge in [-0.25, -0.2) is 0 Å². The van der Waals surface area contributed by atoms with Gasteiger partial charge in [-0.2, -0.15) is 0 Å². The Labute approximate surface area is 77.0 Å². The Bertz CT molecular complexity index is 302. The number of nitrogens with two attached hydrogens (primary N) is 1. The average Bonchev–Trinajstić information content (AvgIpc) is 2.79. The molecule has 4 nitrogen and oxygen atoms in total. The van der Waals surface area contributed by atoms with E-state index in [2.05, 4.69) is 5.16 Å². The average molecular weight is 182 g/mol. The summed E-state index contributed by atoms with van der Waals surface area (Å²) in [6.07, 6.45) is 2.17. The highest BCUT2D eigenvalue weighted by Crippen LogP contribution is 2.50. The maximum Gasteiger partial charge on any atom is 0.254 e. The van der Waals surface area contributed by atoms with Crippen LogP contribution in [0.5, 0.6) is 5.88 Å². The molecule has 1 aromatic heterocycles. The molecule has 2 N–H and O–H groups in total. The van der Waals surface area contributed by atoms with Crippen LogP contribution in [0.25, 0.3) is 0 Å². The third-order valence-corrected chi connectivity index (χ3v) is 2.85. The van der Waals surface area contributed by atoms with Crippen molar-refractivity contribution in [1.82, 2.24) is 5.16 Å². The van der Waals surface area contributed by atoms with Crippen LogP contribution in [0.3, 0.4) is 0 Å². The first-order valence-corrected chi connectivity index (χ1v) is 4.46. The van der Waals surface area contributed by atoms with E-state index < -0.39 is 0 Å². The Morgan fingerprint density at radius 3 is 2.77 bits per heavy atom. The van der Waals surface area contributed by atoms with Crippen LogP contribution >= 0.6 is 0 Å². The van der Waals surface area contributed by atoms with Gasteiger partial charge in [0.25, 0.3) is 5.88 Å². The lowest BCUT2D eigenvalue weighted by Gasteiger charge is -2.14. The molecule has 0 bridgehead atoms.